The van der Waals surface area contributed by atoms with E-state index in [4.69, 9.17) is 14.2 Å². The lowest BCUT2D eigenvalue weighted by Gasteiger charge is -2.13. The first-order valence-corrected chi connectivity index (χ1v) is 8.82. The van der Waals surface area contributed by atoms with Crippen molar-refractivity contribution < 1.29 is 19.0 Å². The van der Waals surface area contributed by atoms with Gasteiger partial charge in [-0.3, -0.25) is 4.79 Å². The van der Waals surface area contributed by atoms with Crippen LogP contribution in [0.4, 0.5) is 17.2 Å². The van der Waals surface area contributed by atoms with Crippen LogP contribution in [0.3, 0.4) is 0 Å². The average molecular weight is 394 g/mol. The highest BCUT2D eigenvalue weighted by atomic mass is 16.5. The summed E-state index contributed by atoms with van der Waals surface area (Å²) in [5.41, 5.74) is 1.48. The van der Waals surface area contributed by atoms with E-state index < -0.39 is 5.91 Å². The molecule has 0 spiro atoms. The van der Waals surface area contributed by atoms with Gasteiger partial charge in [0.2, 0.25) is 0 Å². The zero-order valence-corrected chi connectivity index (χ0v) is 16.6. The monoisotopic (exact) mass is 394 g/mol. The van der Waals surface area contributed by atoms with Crippen molar-refractivity contribution in [3.8, 4) is 17.2 Å². The van der Waals surface area contributed by atoms with E-state index in [2.05, 4.69) is 20.6 Å². The molecule has 0 bridgehead atoms. The zero-order chi connectivity index (χ0) is 20.8. The molecule has 0 atom stereocenters. The van der Waals surface area contributed by atoms with Crippen LogP contribution in [0.2, 0.25) is 0 Å². The quantitative estimate of drug-likeness (QED) is 0.629. The van der Waals surface area contributed by atoms with Gasteiger partial charge < -0.3 is 24.8 Å². The van der Waals surface area contributed by atoms with Crippen LogP contribution in [-0.2, 0) is 0 Å². The fourth-order valence-electron chi connectivity index (χ4n) is 2.69. The van der Waals surface area contributed by atoms with Crippen molar-refractivity contribution in [3.63, 3.8) is 0 Å². The van der Waals surface area contributed by atoms with Crippen molar-refractivity contribution in [2.45, 2.75) is 6.92 Å². The molecular formula is C21H22N4O4. The summed E-state index contributed by atoms with van der Waals surface area (Å²) < 4.78 is 15.7. The van der Waals surface area contributed by atoms with E-state index in [9.17, 15) is 4.79 Å². The summed E-state index contributed by atoms with van der Waals surface area (Å²) in [4.78, 5) is 21.4. The number of methoxy groups -OCH3 is 3. The summed E-state index contributed by atoms with van der Waals surface area (Å²) in [6.07, 6.45) is 0. The maximum atomic E-state index is 12.8. The topological polar surface area (TPSA) is 94.6 Å². The van der Waals surface area contributed by atoms with Crippen LogP contribution >= 0.6 is 0 Å². The molecule has 0 aliphatic carbocycles. The molecular weight excluding hydrogens is 372 g/mol. The van der Waals surface area contributed by atoms with Crippen LogP contribution in [0.15, 0.2) is 48.5 Å². The van der Waals surface area contributed by atoms with Crippen molar-refractivity contribution in [2.24, 2.45) is 0 Å². The molecule has 0 fully saturated rings. The molecule has 0 aliphatic heterocycles. The highest BCUT2D eigenvalue weighted by molar-refractivity contribution is 6.04. The van der Waals surface area contributed by atoms with E-state index in [0.29, 0.717) is 34.6 Å². The van der Waals surface area contributed by atoms with Crippen molar-refractivity contribution in [3.05, 3.63) is 60.0 Å². The Bertz CT molecular complexity index is 1020. The number of hydrogen-bond donors (Lipinski definition) is 2. The van der Waals surface area contributed by atoms with Crippen LogP contribution in [0.5, 0.6) is 17.2 Å². The van der Waals surface area contributed by atoms with E-state index in [-0.39, 0.29) is 5.69 Å². The van der Waals surface area contributed by atoms with Crippen LogP contribution < -0.4 is 24.8 Å². The molecule has 0 radical (unpaired) electrons. The Kier molecular flexibility index (Phi) is 6.13. The summed E-state index contributed by atoms with van der Waals surface area (Å²) in [6, 6.07) is 14.1. The number of carbonyl (C=O) groups is 1. The largest absolute Gasteiger partial charge is 0.497 e. The van der Waals surface area contributed by atoms with Gasteiger partial charge in [-0.25, -0.2) is 9.97 Å². The number of hydrogen-bond acceptors (Lipinski definition) is 7. The molecule has 0 saturated carbocycles. The molecule has 8 heteroatoms. The molecule has 0 saturated heterocycles. The Morgan fingerprint density at radius 3 is 2.38 bits per heavy atom. The molecule has 1 heterocycles. The van der Waals surface area contributed by atoms with Gasteiger partial charge >= 0.3 is 0 Å². The van der Waals surface area contributed by atoms with Crippen LogP contribution in [0.25, 0.3) is 0 Å². The summed E-state index contributed by atoms with van der Waals surface area (Å²) in [7, 11) is 4.68. The molecule has 2 N–H and O–H groups in total. The number of benzene rings is 2. The maximum Gasteiger partial charge on any atom is 0.274 e. The molecule has 0 unspecified atom stereocenters. The first-order valence-electron chi connectivity index (χ1n) is 8.82. The Morgan fingerprint density at radius 2 is 1.66 bits per heavy atom. The van der Waals surface area contributed by atoms with Gasteiger partial charge in [-0.05, 0) is 31.2 Å². The van der Waals surface area contributed by atoms with Gasteiger partial charge in [0.05, 0.1) is 27.0 Å². The number of aryl methyl sites for hydroxylation is 1. The van der Waals surface area contributed by atoms with Gasteiger partial charge in [0, 0.05) is 23.9 Å². The molecule has 1 amide bonds. The predicted octanol–water partition coefficient (Wildman–Crippen LogP) is 3.81. The smallest absolute Gasteiger partial charge is 0.274 e. The lowest BCUT2D eigenvalue weighted by atomic mass is 10.2. The van der Waals surface area contributed by atoms with Crippen LogP contribution in [0.1, 0.15) is 16.3 Å². The summed E-state index contributed by atoms with van der Waals surface area (Å²) in [5, 5.41) is 5.97. The first kappa shape index (κ1) is 19.9. The molecule has 3 aromatic rings. The zero-order valence-electron chi connectivity index (χ0n) is 16.6. The highest BCUT2D eigenvalue weighted by Gasteiger charge is 2.14. The minimum atomic E-state index is -0.393. The molecule has 150 valence electrons. The molecule has 8 nitrogen and oxygen atoms in total. The Labute approximate surface area is 168 Å². The first-order chi connectivity index (χ1) is 14.0. The summed E-state index contributed by atoms with van der Waals surface area (Å²) >= 11 is 0. The second-order valence-corrected chi connectivity index (χ2v) is 6.06. The van der Waals surface area contributed by atoms with Crippen LogP contribution in [0, 0.1) is 6.92 Å². The van der Waals surface area contributed by atoms with E-state index >= 15 is 0 Å². The maximum absolute atomic E-state index is 12.8. The van der Waals surface area contributed by atoms with Crippen molar-refractivity contribution >= 4 is 23.1 Å². The van der Waals surface area contributed by atoms with E-state index in [1.165, 1.54) is 7.11 Å². The normalized spacial score (nSPS) is 10.2. The fraction of sp³-hybridized carbons (Fsp3) is 0.190. The van der Waals surface area contributed by atoms with Gasteiger partial charge in [0.25, 0.3) is 5.91 Å². The minimum absolute atomic E-state index is 0.216. The van der Waals surface area contributed by atoms with Crippen molar-refractivity contribution in [1.29, 1.82) is 0 Å². The second kappa shape index (κ2) is 8.92. The van der Waals surface area contributed by atoms with Crippen molar-refractivity contribution in [2.75, 3.05) is 32.0 Å². The number of amides is 1. The number of nitrogens with zero attached hydrogens (tertiary/aromatic N) is 2. The van der Waals surface area contributed by atoms with Crippen molar-refractivity contribution in [1.82, 2.24) is 9.97 Å². The van der Waals surface area contributed by atoms with Gasteiger partial charge in [-0.15, -0.1) is 0 Å². The van der Waals surface area contributed by atoms with E-state index in [1.54, 1.807) is 45.4 Å². The summed E-state index contributed by atoms with van der Waals surface area (Å²) in [5.74, 6) is 2.38. The fourth-order valence-corrected chi connectivity index (χ4v) is 2.69. The van der Waals surface area contributed by atoms with Gasteiger partial charge in [0.1, 0.15) is 34.6 Å². The van der Waals surface area contributed by atoms with E-state index in [1.807, 2.05) is 24.3 Å². The van der Waals surface area contributed by atoms with E-state index in [0.717, 1.165) is 5.69 Å². The number of ether oxygens (including phenoxy) is 3. The van der Waals surface area contributed by atoms with Gasteiger partial charge in [-0.1, -0.05) is 6.07 Å². The lowest BCUT2D eigenvalue weighted by molar-refractivity contribution is 0.102. The Hall–Kier alpha value is -3.81. The number of anilines is 3. The molecule has 3 rings (SSSR count). The number of carbonyl (C=O) groups excluding carboxylic acids is 1. The van der Waals surface area contributed by atoms with Crippen LogP contribution in [-0.4, -0.2) is 37.2 Å². The number of rotatable bonds is 7. The summed E-state index contributed by atoms with van der Waals surface area (Å²) in [6.45, 7) is 1.72. The number of aromatic nitrogens is 2. The molecule has 2 aromatic carbocycles. The minimum Gasteiger partial charge on any atom is -0.497 e. The standard InChI is InChI=1S/C21H22N4O4/c1-13-22-18(12-20(23-13)24-14-6-5-7-15(10-14)27-2)21(26)25-17-11-16(28-3)8-9-19(17)29-4/h5-12H,1-4H3,(H,25,26)(H,22,23,24). The van der Waals surface area contributed by atoms with Gasteiger partial charge in [0.15, 0.2) is 0 Å². The average Bonchev–Trinajstić information content (AvgIpc) is 2.73. The Balaban J connectivity index is 1.84. The van der Waals surface area contributed by atoms with Gasteiger partial charge in [-0.2, -0.15) is 0 Å². The molecule has 29 heavy (non-hydrogen) atoms. The third-order valence-corrected chi connectivity index (χ3v) is 4.07. The third-order valence-electron chi connectivity index (χ3n) is 4.07. The third kappa shape index (κ3) is 4.92. The molecule has 1 aromatic heterocycles. The second-order valence-electron chi connectivity index (χ2n) is 6.06. The number of nitrogens with one attached hydrogen (secondary N) is 2. The molecule has 0 aliphatic rings. The highest BCUT2D eigenvalue weighted by Crippen LogP contribution is 2.29. The predicted molar refractivity (Wildman–Crippen MR) is 111 cm³/mol. The SMILES string of the molecule is COc1cccc(Nc2cc(C(=O)Nc3cc(OC)ccc3OC)nc(C)n2)c1. The Morgan fingerprint density at radius 1 is 0.897 bits per heavy atom. The lowest BCUT2D eigenvalue weighted by Crippen LogP contribution is -2.16.